The van der Waals surface area contributed by atoms with E-state index >= 15 is 0 Å². The first-order chi connectivity index (χ1) is 8.74. The maximum atomic E-state index is 11.9. The van der Waals surface area contributed by atoms with Crippen molar-refractivity contribution in [3.05, 3.63) is 48.0 Å². The van der Waals surface area contributed by atoms with Crippen molar-refractivity contribution in [2.24, 2.45) is 0 Å². The smallest absolute Gasteiger partial charge is 0.417 e. The van der Waals surface area contributed by atoms with Gasteiger partial charge in [-0.25, -0.2) is 9.69 Å². The van der Waals surface area contributed by atoms with Gasteiger partial charge in [0.05, 0.1) is 0 Å². The van der Waals surface area contributed by atoms with Crippen LogP contribution in [0.3, 0.4) is 0 Å². The lowest BCUT2D eigenvalue weighted by Crippen LogP contribution is -2.32. The first-order valence-electron chi connectivity index (χ1n) is 5.95. The topological polar surface area (TPSA) is 46.6 Å². The molecule has 1 heterocycles. The molecular formula is C14H15NO3. The number of nitrogens with zero attached hydrogens (tertiary/aromatic N) is 1. The van der Waals surface area contributed by atoms with Crippen LogP contribution in [0.2, 0.25) is 0 Å². The van der Waals surface area contributed by atoms with Gasteiger partial charge in [-0.2, -0.15) is 0 Å². The second-order valence-corrected chi connectivity index (χ2v) is 4.02. The SMILES string of the molecule is CC/C=C/C(=O)N1C(=O)OC[C@@H]1c1ccccc1. The van der Waals surface area contributed by atoms with Gasteiger partial charge in [0.2, 0.25) is 0 Å². The van der Waals surface area contributed by atoms with Crippen molar-refractivity contribution in [2.75, 3.05) is 6.61 Å². The Hall–Kier alpha value is -2.10. The Morgan fingerprint density at radius 1 is 1.44 bits per heavy atom. The highest BCUT2D eigenvalue weighted by Crippen LogP contribution is 2.27. The molecule has 4 nitrogen and oxygen atoms in total. The summed E-state index contributed by atoms with van der Waals surface area (Å²) < 4.78 is 4.97. The molecular weight excluding hydrogens is 230 g/mol. The van der Waals surface area contributed by atoms with Gasteiger partial charge in [0.15, 0.2) is 0 Å². The molecule has 0 N–H and O–H groups in total. The zero-order valence-corrected chi connectivity index (χ0v) is 10.2. The number of rotatable bonds is 3. The Balaban J connectivity index is 2.23. The van der Waals surface area contributed by atoms with Crippen LogP contribution >= 0.6 is 0 Å². The average Bonchev–Trinajstić information content (AvgIpc) is 2.79. The first-order valence-corrected chi connectivity index (χ1v) is 5.95. The highest BCUT2D eigenvalue weighted by molar-refractivity contribution is 5.99. The van der Waals surface area contributed by atoms with Crippen LogP contribution in [0.1, 0.15) is 24.9 Å². The summed E-state index contributed by atoms with van der Waals surface area (Å²) in [6.45, 7) is 2.15. The molecule has 2 amide bonds. The number of carbonyl (C=O) groups excluding carboxylic acids is 2. The molecule has 0 unspecified atom stereocenters. The third-order valence-corrected chi connectivity index (χ3v) is 2.79. The fraction of sp³-hybridized carbons (Fsp3) is 0.286. The summed E-state index contributed by atoms with van der Waals surface area (Å²) in [5, 5.41) is 0. The van der Waals surface area contributed by atoms with Gasteiger partial charge < -0.3 is 4.74 Å². The molecule has 4 heteroatoms. The quantitative estimate of drug-likeness (QED) is 0.769. The molecule has 1 atom stereocenters. The Labute approximate surface area is 106 Å². The van der Waals surface area contributed by atoms with E-state index in [4.69, 9.17) is 4.74 Å². The molecule has 94 valence electrons. The highest BCUT2D eigenvalue weighted by Gasteiger charge is 2.37. The van der Waals surface area contributed by atoms with Crippen LogP contribution in [0.5, 0.6) is 0 Å². The third kappa shape index (κ3) is 2.42. The number of allylic oxidation sites excluding steroid dienone is 1. The van der Waals surface area contributed by atoms with Crippen LogP contribution in [-0.4, -0.2) is 23.5 Å². The number of amides is 2. The molecule has 0 aromatic heterocycles. The predicted molar refractivity (Wildman–Crippen MR) is 66.8 cm³/mol. The van der Waals surface area contributed by atoms with Gasteiger partial charge in [0, 0.05) is 0 Å². The maximum absolute atomic E-state index is 11.9. The van der Waals surface area contributed by atoms with Crippen LogP contribution in [0.25, 0.3) is 0 Å². The number of hydrogen-bond acceptors (Lipinski definition) is 3. The van der Waals surface area contributed by atoms with Crippen LogP contribution in [-0.2, 0) is 9.53 Å². The molecule has 1 fully saturated rings. The number of benzene rings is 1. The van der Waals surface area contributed by atoms with E-state index in [0.29, 0.717) is 0 Å². The van der Waals surface area contributed by atoms with Crippen molar-refractivity contribution >= 4 is 12.0 Å². The fourth-order valence-corrected chi connectivity index (χ4v) is 1.88. The summed E-state index contributed by atoms with van der Waals surface area (Å²) in [7, 11) is 0. The second-order valence-electron chi connectivity index (χ2n) is 4.02. The highest BCUT2D eigenvalue weighted by atomic mass is 16.6. The van der Waals surface area contributed by atoms with Crippen molar-refractivity contribution in [1.82, 2.24) is 4.90 Å². The molecule has 18 heavy (non-hydrogen) atoms. The zero-order valence-electron chi connectivity index (χ0n) is 10.2. The number of carbonyl (C=O) groups is 2. The van der Waals surface area contributed by atoms with Gasteiger partial charge in [0.25, 0.3) is 5.91 Å². The summed E-state index contributed by atoms with van der Waals surface area (Å²) in [4.78, 5) is 24.7. The Kier molecular flexibility index (Phi) is 3.77. The van der Waals surface area contributed by atoms with E-state index in [-0.39, 0.29) is 18.6 Å². The van der Waals surface area contributed by atoms with Crippen LogP contribution in [0, 0.1) is 0 Å². The maximum Gasteiger partial charge on any atom is 0.417 e. The number of imide groups is 1. The Morgan fingerprint density at radius 3 is 2.83 bits per heavy atom. The molecule has 1 aliphatic rings. The number of ether oxygens (including phenoxy) is 1. The number of hydrogen-bond donors (Lipinski definition) is 0. The summed E-state index contributed by atoms with van der Waals surface area (Å²) in [5.74, 6) is -0.326. The molecule has 1 aromatic rings. The van der Waals surface area contributed by atoms with Crippen LogP contribution in [0.4, 0.5) is 4.79 Å². The van der Waals surface area contributed by atoms with Gasteiger partial charge in [-0.3, -0.25) is 4.79 Å². The Bertz CT molecular complexity index is 467. The van der Waals surface area contributed by atoms with Crippen LogP contribution in [0.15, 0.2) is 42.5 Å². The zero-order chi connectivity index (χ0) is 13.0. The van der Waals surface area contributed by atoms with Gasteiger partial charge in [-0.05, 0) is 18.1 Å². The van der Waals surface area contributed by atoms with E-state index < -0.39 is 6.09 Å². The van der Waals surface area contributed by atoms with Crippen molar-refractivity contribution in [2.45, 2.75) is 19.4 Å². The van der Waals surface area contributed by atoms with Gasteiger partial charge in [-0.15, -0.1) is 0 Å². The van der Waals surface area contributed by atoms with Crippen LogP contribution < -0.4 is 0 Å². The van der Waals surface area contributed by atoms with E-state index in [1.807, 2.05) is 37.3 Å². The molecule has 0 saturated carbocycles. The molecule has 0 aliphatic carbocycles. The first kappa shape index (κ1) is 12.4. The predicted octanol–water partition coefficient (Wildman–Crippen LogP) is 2.67. The van der Waals surface area contributed by atoms with Gasteiger partial charge >= 0.3 is 6.09 Å². The standard InChI is InChI=1S/C14H15NO3/c1-2-3-9-13(16)15-12(10-18-14(15)17)11-7-5-4-6-8-11/h3-9,12H,2,10H2,1H3/b9-3+/t12-/m1/s1. The molecule has 1 aliphatic heterocycles. The largest absolute Gasteiger partial charge is 0.446 e. The molecule has 1 saturated heterocycles. The van der Waals surface area contributed by atoms with Crippen molar-refractivity contribution in [3.63, 3.8) is 0 Å². The van der Waals surface area contributed by atoms with E-state index in [1.54, 1.807) is 6.08 Å². The summed E-state index contributed by atoms with van der Waals surface area (Å²) in [6, 6.07) is 9.09. The second kappa shape index (κ2) is 5.49. The van der Waals surface area contributed by atoms with E-state index in [2.05, 4.69) is 0 Å². The molecule has 0 spiro atoms. The Morgan fingerprint density at radius 2 is 2.17 bits per heavy atom. The lowest BCUT2D eigenvalue weighted by Gasteiger charge is -2.18. The lowest BCUT2D eigenvalue weighted by molar-refractivity contribution is -0.124. The summed E-state index contributed by atoms with van der Waals surface area (Å²) in [5.41, 5.74) is 0.904. The van der Waals surface area contributed by atoms with E-state index in [9.17, 15) is 9.59 Å². The van der Waals surface area contributed by atoms with Crippen molar-refractivity contribution < 1.29 is 14.3 Å². The van der Waals surface area contributed by atoms with Gasteiger partial charge in [0.1, 0.15) is 12.6 Å². The van der Waals surface area contributed by atoms with Crippen molar-refractivity contribution in [1.29, 1.82) is 0 Å². The molecule has 2 rings (SSSR count). The molecule has 1 aromatic carbocycles. The third-order valence-electron chi connectivity index (χ3n) is 2.79. The van der Waals surface area contributed by atoms with Gasteiger partial charge in [-0.1, -0.05) is 43.3 Å². The monoisotopic (exact) mass is 245 g/mol. The fourth-order valence-electron chi connectivity index (χ4n) is 1.88. The summed E-state index contributed by atoms with van der Waals surface area (Å²) in [6.07, 6.45) is 3.33. The van der Waals surface area contributed by atoms with E-state index in [0.717, 1.165) is 12.0 Å². The average molecular weight is 245 g/mol. The minimum atomic E-state index is -0.574. The molecule has 0 bridgehead atoms. The lowest BCUT2D eigenvalue weighted by atomic mass is 10.1. The minimum absolute atomic E-state index is 0.217. The molecule has 0 radical (unpaired) electrons. The van der Waals surface area contributed by atoms with Crippen molar-refractivity contribution in [3.8, 4) is 0 Å². The minimum Gasteiger partial charge on any atom is -0.446 e. The number of cyclic esters (lactones) is 1. The summed E-state index contributed by atoms with van der Waals surface area (Å²) >= 11 is 0. The van der Waals surface area contributed by atoms with E-state index in [1.165, 1.54) is 11.0 Å². The normalized spacial score (nSPS) is 19.3.